The standard InChI is InChI=1S/C33H42O6/c1-20(2)10-9-11-22(5)13-15-24-23(16-17-27(36-6)33(24)38-8)29-18-26(34)31-30(39-29)19-28(37-7)25(32(31)35)14-12-21(3)4/h10,12-13,16-17,19,29,35H,9,11,14-15,18H2,1-8H3/b22-13+/t29-/m0/s1. The topological polar surface area (TPSA) is 74.2 Å². The van der Waals surface area contributed by atoms with E-state index in [0.717, 1.165) is 29.5 Å². The molecule has 0 amide bonds. The van der Waals surface area contributed by atoms with Crippen molar-refractivity contribution < 1.29 is 28.8 Å². The minimum absolute atomic E-state index is 0.0761. The average molecular weight is 535 g/mol. The largest absolute Gasteiger partial charge is 0.507 e. The predicted octanol–water partition coefficient (Wildman–Crippen LogP) is 7.87. The van der Waals surface area contributed by atoms with Crippen LogP contribution in [0.3, 0.4) is 0 Å². The minimum atomic E-state index is -0.549. The molecule has 6 heteroatoms. The first-order valence-electron chi connectivity index (χ1n) is 13.4. The number of carbonyl (C=O) groups excluding carboxylic acids is 1. The number of ether oxygens (including phenoxy) is 4. The molecule has 3 rings (SSSR count). The van der Waals surface area contributed by atoms with Gasteiger partial charge < -0.3 is 24.1 Å². The second kappa shape index (κ2) is 13.4. The highest BCUT2D eigenvalue weighted by Crippen LogP contribution is 2.47. The fourth-order valence-electron chi connectivity index (χ4n) is 4.83. The third kappa shape index (κ3) is 7.05. The van der Waals surface area contributed by atoms with Crippen molar-refractivity contribution in [3.8, 4) is 28.7 Å². The molecule has 1 aliphatic rings. The Labute approximate surface area is 232 Å². The van der Waals surface area contributed by atoms with Crippen molar-refractivity contribution in [2.24, 2.45) is 0 Å². The summed E-state index contributed by atoms with van der Waals surface area (Å²) in [7, 11) is 4.78. The molecule has 0 aliphatic carbocycles. The van der Waals surface area contributed by atoms with Gasteiger partial charge in [-0.15, -0.1) is 0 Å². The summed E-state index contributed by atoms with van der Waals surface area (Å²) in [5.41, 5.74) is 6.25. The van der Waals surface area contributed by atoms with E-state index < -0.39 is 6.10 Å². The summed E-state index contributed by atoms with van der Waals surface area (Å²) >= 11 is 0. The highest BCUT2D eigenvalue weighted by atomic mass is 16.5. The summed E-state index contributed by atoms with van der Waals surface area (Å²) in [6, 6.07) is 5.49. The van der Waals surface area contributed by atoms with E-state index in [1.165, 1.54) is 11.1 Å². The quantitative estimate of drug-likeness (QED) is 0.296. The summed E-state index contributed by atoms with van der Waals surface area (Å²) < 4.78 is 23.3. The van der Waals surface area contributed by atoms with Gasteiger partial charge in [0, 0.05) is 22.8 Å². The molecule has 6 nitrogen and oxygen atoms in total. The maximum Gasteiger partial charge on any atom is 0.174 e. The number of benzene rings is 2. The van der Waals surface area contributed by atoms with E-state index in [4.69, 9.17) is 18.9 Å². The first kappa shape index (κ1) is 29.9. The Hall–Kier alpha value is -3.67. The van der Waals surface area contributed by atoms with Crippen molar-refractivity contribution in [2.45, 2.75) is 72.8 Å². The lowest BCUT2D eigenvalue weighted by molar-refractivity contribution is 0.0843. The normalized spacial score (nSPS) is 14.7. The van der Waals surface area contributed by atoms with Gasteiger partial charge in [0.15, 0.2) is 17.3 Å². The van der Waals surface area contributed by atoms with Crippen molar-refractivity contribution in [2.75, 3.05) is 21.3 Å². The zero-order chi connectivity index (χ0) is 28.7. The molecule has 1 heterocycles. The Balaban J connectivity index is 2.03. The van der Waals surface area contributed by atoms with Crippen molar-refractivity contribution in [1.29, 1.82) is 0 Å². The number of phenolic OH excluding ortho intramolecular Hbond substituents is 1. The summed E-state index contributed by atoms with van der Waals surface area (Å²) in [5, 5.41) is 11.1. The molecular weight excluding hydrogens is 492 g/mol. The number of rotatable bonds is 11. The van der Waals surface area contributed by atoms with E-state index in [1.54, 1.807) is 27.4 Å². The third-order valence-electron chi connectivity index (χ3n) is 6.96. The van der Waals surface area contributed by atoms with Gasteiger partial charge in [0.05, 0.1) is 27.8 Å². The van der Waals surface area contributed by atoms with Gasteiger partial charge in [-0.25, -0.2) is 0 Å². The van der Waals surface area contributed by atoms with Gasteiger partial charge in [0.2, 0.25) is 0 Å². The number of aromatic hydroxyl groups is 1. The van der Waals surface area contributed by atoms with Gasteiger partial charge in [0.25, 0.3) is 0 Å². The molecule has 1 aliphatic heterocycles. The minimum Gasteiger partial charge on any atom is -0.507 e. The van der Waals surface area contributed by atoms with Gasteiger partial charge in [-0.05, 0) is 66.4 Å². The maximum atomic E-state index is 13.4. The summed E-state index contributed by atoms with van der Waals surface area (Å²) in [6.07, 6.45) is 9.00. The van der Waals surface area contributed by atoms with Crippen LogP contribution >= 0.6 is 0 Å². The fraction of sp³-hybridized carbons (Fsp3) is 0.424. The molecular formula is C33H42O6. The van der Waals surface area contributed by atoms with Gasteiger partial charge in [-0.2, -0.15) is 0 Å². The van der Waals surface area contributed by atoms with Crippen LogP contribution < -0.4 is 18.9 Å². The smallest absolute Gasteiger partial charge is 0.174 e. The Bertz CT molecular complexity index is 1290. The molecule has 39 heavy (non-hydrogen) atoms. The van der Waals surface area contributed by atoms with Crippen LogP contribution in [0.4, 0.5) is 0 Å². The van der Waals surface area contributed by atoms with Gasteiger partial charge in [-0.3, -0.25) is 4.79 Å². The molecule has 0 radical (unpaired) electrons. The first-order valence-corrected chi connectivity index (χ1v) is 13.4. The maximum absolute atomic E-state index is 13.4. The van der Waals surface area contributed by atoms with E-state index >= 15 is 0 Å². The highest BCUT2D eigenvalue weighted by molar-refractivity contribution is 6.03. The molecule has 0 aromatic heterocycles. The summed E-state index contributed by atoms with van der Waals surface area (Å²) in [4.78, 5) is 13.4. The molecule has 2 aromatic carbocycles. The number of Topliss-reactive ketones (excluding diaryl/α,β-unsaturated/α-hetero) is 1. The molecule has 210 valence electrons. The van der Waals surface area contributed by atoms with Crippen LogP contribution in [0.15, 0.2) is 53.1 Å². The monoisotopic (exact) mass is 534 g/mol. The van der Waals surface area contributed by atoms with Gasteiger partial charge >= 0.3 is 0 Å². The van der Waals surface area contributed by atoms with Crippen LogP contribution in [0.25, 0.3) is 0 Å². The van der Waals surface area contributed by atoms with Crippen LogP contribution in [0.1, 0.15) is 87.0 Å². The number of hydrogen-bond acceptors (Lipinski definition) is 6. The fourth-order valence-corrected chi connectivity index (χ4v) is 4.83. The summed E-state index contributed by atoms with van der Waals surface area (Å²) in [6.45, 7) is 10.3. The molecule has 0 saturated carbocycles. The first-order chi connectivity index (χ1) is 18.6. The van der Waals surface area contributed by atoms with E-state index in [9.17, 15) is 9.90 Å². The van der Waals surface area contributed by atoms with Crippen LogP contribution in [-0.2, 0) is 12.8 Å². The Morgan fingerprint density at radius 3 is 2.21 bits per heavy atom. The number of carbonyl (C=O) groups is 1. The Morgan fingerprint density at radius 2 is 1.59 bits per heavy atom. The number of methoxy groups -OCH3 is 3. The Morgan fingerprint density at radius 1 is 0.923 bits per heavy atom. The number of fused-ring (bicyclic) bond motifs is 1. The molecule has 0 bridgehead atoms. The van der Waals surface area contributed by atoms with Gasteiger partial charge in [0.1, 0.15) is 28.9 Å². The molecule has 0 saturated heterocycles. The van der Waals surface area contributed by atoms with Crippen molar-refractivity contribution in [3.63, 3.8) is 0 Å². The second-order valence-corrected chi connectivity index (χ2v) is 10.4. The zero-order valence-electron chi connectivity index (χ0n) is 24.6. The zero-order valence-corrected chi connectivity index (χ0v) is 24.6. The highest BCUT2D eigenvalue weighted by Gasteiger charge is 2.34. The van der Waals surface area contributed by atoms with E-state index in [-0.39, 0.29) is 23.5 Å². The average Bonchev–Trinajstić information content (AvgIpc) is 2.89. The van der Waals surface area contributed by atoms with Crippen molar-refractivity contribution >= 4 is 5.78 Å². The number of ketones is 1. The van der Waals surface area contributed by atoms with Crippen LogP contribution in [0.2, 0.25) is 0 Å². The Kier molecular flexibility index (Phi) is 10.3. The molecule has 0 unspecified atom stereocenters. The molecule has 0 fully saturated rings. The second-order valence-electron chi connectivity index (χ2n) is 10.4. The number of hydrogen-bond donors (Lipinski definition) is 1. The lowest BCUT2D eigenvalue weighted by Gasteiger charge is -2.29. The van der Waals surface area contributed by atoms with Crippen LogP contribution in [0, 0.1) is 0 Å². The SMILES string of the molecule is COc1cc2c(c(O)c1CC=C(C)C)C(=O)C[C@@H](c1ccc(OC)c(OC)c1C/C=C(\C)CCC=C(C)C)O2. The van der Waals surface area contributed by atoms with Crippen molar-refractivity contribution in [3.05, 3.63) is 75.4 Å². The predicted molar refractivity (Wildman–Crippen MR) is 156 cm³/mol. The number of phenols is 1. The van der Waals surface area contributed by atoms with Gasteiger partial charge in [-0.1, -0.05) is 41.0 Å². The molecule has 0 spiro atoms. The van der Waals surface area contributed by atoms with Crippen LogP contribution in [-0.4, -0.2) is 32.2 Å². The molecule has 1 N–H and O–H groups in total. The van der Waals surface area contributed by atoms with E-state index in [2.05, 4.69) is 32.9 Å². The lowest BCUT2D eigenvalue weighted by atomic mass is 9.89. The van der Waals surface area contributed by atoms with Crippen molar-refractivity contribution in [1.82, 2.24) is 0 Å². The molecule has 1 atom stereocenters. The lowest BCUT2D eigenvalue weighted by Crippen LogP contribution is -2.22. The third-order valence-corrected chi connectivity index (χ3v) is 6.96. The molecule has 2 aromatic rings. The van der Waals surface area contributed by atoms with E-state index in [1.807, 2.05) is 32.1 Å². The van der Waals surface area contributed by atoms with Crippen LogP contribution in [0.5, 0.6) is 28.7 Å². The number of allylic oxidation sites excluding steroid dienone is 6. The van der Waals surface area contributed by atoms with E-state index in [0.29, 0.717) is 41.4 Å². The summed E-state index contributed by atoms with van der Waals surface area (Å²) in [5.74, 6) is 1.81.